The van der Waals surface area contributed by atoms with Gasteiger partial charge >= 0.3 is 0 Å². The van der Waals surface area contributed by atoms with Crippen molar-refractivity contribution in [3.8, 4) is 0 Å². The maximum absolute atomic E-state index is 10.6. The Balaban J connectivity index is 3.07. The van der Waals surface area contributed by atoms with E-state index < -0.39 is 11.0 Å². The zero-order valence-corrected chi connectivity index (χ0v) is 9.19. The normalized spacial score (nSPS) is 12.5. The molecule has 0 radical (unpaired) electrons. The summed E-state index contributed by atoms with van der Waals surface area (Å²) in [6.45, 7) is 1.64. The minimum Gasteiger partial charge on any atom is -0.393 e. The summed E-state index contributed by atoms with van der Waals surface area (Å²) in [5, 5.41) is 19.7. The number of aliphatic hydroxyl groups is 1. The summed E-state index contributed by atoms with van der Waals surface area (Å²) in [4.78, 5) is 10.1. The van der Waals surface area contributed by atoms with Crippen molar-refractivity contribution in [3.63, 3.8) is 0 Å². The third kappa shape index (κ3) is 2.52. The van der Waals surface area contributed by atoms with Crippen LogP contribution in [0.25, 0.3) is 0 Å². The Kier molecular flexibility index (Phi) is 3.60. The van der Waals surface area contributed by atoms with Gasteiger partial charge in [-0.2, -0.15) is 0 Å². The predicted octanol–water partition coefficient (Wildman–Crippen LogP) is 2.28. The minimum atomic E-state index is -0.506. The van der Waals surface area contributed by atoms with Crippen molar-refractivity contribution >= 4 is 21.6 Å². The van der Waals surface area contributed by atoms with Gasteiger partial charge < -0.3 is 5.11 Å². The first-order chi connectivity index (χ1) is 6.52. The number of rotatable bonds is 3. The lowest BCUT2D eigenvalue weighted by molar-refractivity contribution is -0.385. The second kappa shape index (κ2) is 4.52. The molecule has 1 atom stereocenters. The average Bonchev–Trinajstić information content (AvgIpc) is 2.07. The standard InChI is InChI=1S/C9H10BrNO3/c1-6(12)5-7-3-2-4-8(9(7)10)11(13)14/h2-4,6,12H,5H2,1H3/t6-/m0/s1. The smallest absolute Gasteiger partial charge is 0.283 e. The van der Waals surface area contributed by atoms with Crippen molar-refractivity contribution in [1.29, 1.82) is 0 Å². The van der Waals surface area contributed by atoms with Gasteiger partial charge in [-0.3, -0.25) is 10.1 Å². The summed E-state index contributed by atoms with van der Waals surface area (Å²) in [7, 11) is 0. The molecule has 0 spiro atoms. The first-order valence-electron chi connectivity index (χ1n) is 4.12. The van der Waals surface area contributed by atoms with Crippen molar-refractivity contribution in [2.24, 2.45) is 0 Å². The highest BCUT2D eigenvalue weighted by molar-refractivity contribution is 9.10. The average molecular weight is 260 g/mol. The molecule has 0 aliphatic carbocycles. The molecule has 1 aromatic carbocycles. The largest absolute Gasteiger partial charge is 0.393 e. The molecule has 0 aliphatic rings. The van der Waals surface area contributed by atoms with E-state index in [1.165, 1.54) is 6.07 Å². The highest BCUT2D eigenvalue weighted by Gasteiger charge is 2.15. The predicted molar refractivity (Wildman–Crippen MR) is 56.2 cm³/mol. The number of nitro benzene ring substituents is 1. The number of benzene rings is 1. The molecule has 0 saturated heterocycles. The van der Waals surface area contributed by atoms with Crippen LogP contribution in [0.3, 0.4) is 0 Å². The van der Waals surface area contributed by atoms with Crippen LogP contribution in [-0.2, 0) is 6.42 Å². The monoisotopic (exact) mass is 259 g/mol. The number of halogens is 1. The Labute approximate surface area is 89.8 Å². The van der Waals surface area contributed by atoms with Gasteiger partial charge in [0.15, 0.2) is 0 Å². The van der Waals surface area contributed by atoms with Gasteiger partial charge in [0.1, 0.15) is 0 Å². The molecule has 14 heavy (non-hydrogen) atoms. The third-order valence-electron chi connectivity index (χ3n) is 1.77. The Morgan fingerprint density at radius 1 is 1.64 bits per heavy atom. The molecule has 0 bridgehead atoms. The van der Waals surface area contributed by atoms with Crippen molar-refractivity contribution in [3.05, 3.63) is 38.3 Å². The number of aliphatic hydroxyl groups excluding tert-OH is 1. The Morgan fingerprint density at radius 2 is 2.29 bits per heavy atom. The molecule has 0 saturated carbocycles. The molecule has 76 valence electrons. The van der Waals surface area contributed by atoms with Crippen LogP contribution in [0.15, 0.2) is 22.7 Å². The van der Waals surface area contributed by atoms with Crippen LogP contribution in [0.2, 0.25) is 0 Å². The molecule has 5 heteroatoms. The van der Waals surface area contributed by atoms with Crippen LogP contribution < -0.4 is 0 Å². The Bertz CT molecular complexity index is 352. The molecule has 0 fully saturated rings. The quantitative estimate of drug-likeness (QED) is 0.669. The number of hydrogen-bond donors (Lipinski definition) is 1. The van der Waals surface area contributed by atoms with E-state index in [0.29, 0.717) is 10.9 Å². The zero-order valence-electron chi connectivity index (χ0n) is 7.61. The van der Waals surface area contributed by atoms with E-state index in [0.717, 1.165) is 5.56 Å². The van der Waals surface area contributed by atoms with Gasteiger partial charge in [0.2, 0.25) is 0 Å². The lowest BCUT2D eigenvalue weighted by Crippen LogP contribution is -2.05. The van der Waals surface area contributed by atoms with Crippen LogP contribution in [-0.4, -0.2) is 16.1 Å². The van der Waals surface area contributed by atoms with Crippen molar-refractivity contribution in [1.82, 2.24) is 0 Å². The van der Waals surface area contributed by atoms with Gasteiger partial charge in [-0.15, -0.1) is 0 Å². The fourth-order valence-corrected chi connectivity index (χ4v) is 1.75. The SMILES string of the molecule is C[C@H](O)Cc1cccc([N+](=O)[O-])c1Br. The number of hydrogen-bond acceptors (Lipinski definition) is 3. The molecular formula is C9H10BrNO3. The lowest BCUT2D eigenvalue weighted by atomic mass is 10.1. The summed E-state index contributed by atoms with van der Waals surface area (Å²) in [5.74, 6) is 0. The van der Waals surface area contributed by atoms with Crippen LogP contribution >= 0.6 is 15.9 Å². The second-order valence-corrected chi connectivity index (χ2v) is 3.85. The van der Waals surface area contributed by atoms with E-state index in [1.807, 2.05) is 0 Å². The summed E-state index contributed by atoms with van der Waals surface area (Å²) < 4.78 is 0.450. The zero-order chi connectivity index (χ0) is 10.7. The number of nitrogens with zero attached hydrogens (tertiary/aromatic N) is 1. The van der Waals surface area contributed by atoms with Crippen molar-refractivity contribution < 1.29 is 10.0 Å². The van der Waals surface area contributed by atoms with Gasteiger partial charge in [0.25, 0.3) is 5.69 Å². The molecule has 0 aliphatic heterocycles. The summed E-state index contributed by atoms with van der Waals surface area (Å²) >= 11 is 3.16. The first kappa shape index (κ1) is 11.1. The molecule has 0 amide bonds. The van der Waals surface area contributed by atoms with E-state index in [1.54, 1.807) is 19.1 Å². The molecule has 1 N–H and O–H groups in total. The molecule has 0 aromatic heterocycles. The first-order valence-corrected chi connectivity index (χ1v) is 4.91. The summed E-state index contributed by atoms with van der Waals surface area (Å²) in [6, 6.07) is 4.79. The van der Waals surface area contributed by atoms with Gasteiger partial charge in [-0.1, -0.05) is 12.1 Å². The summed E-state index contributed by atoms with van der Waals surface area (Å²) in [6.07, 6.45) is -0.101. The Hall–Kier alpha value is -0.940. The fourth-order valence-electron chi connectivity index (χ4n) is 1.18. The van der Waals surface area contributed by atoms with E-state index in [9.17, 15) is 10.1 Å². The van der Waals surface area contributed by atoms with Crippen LogP contribution in [0.5, 0.6) is 0 Å². The summed E-state index contributed by atoms with van der Waals surface area (Å²) in [5.41, 5.74) is 0.775. The topological polar surface area (TPSA) is 63.4 Å². The third-order valence-corrected chi connectivity index (χ3v) is 2.69. The van der Waals surface area contributed by atoms with Crippen LogP contribution in [0.1, 0.15) is 12.5 Å². The van der Waals surface area contributed by atoms with Crippen LogP contribution in [0.4, 0.5) is 5.69 Å². The fraction of sp³-hybridized carbons (Fsp3) is 0.333. The minimum absolute atomic E-state index is 0.0307. The lowest BCUT2D eigenvalue weighted by Gasteiger charge is -2.06. The van der Waals surface area contributed by atoms with Gasteiger partial charge in [0, 0.05) is 6.07 Å². The van der Waals surface area contributed by atoms with Gasteiger partial charge in [0.05, 0.1) is 15.5 Å². The molecule has 1 rings (SSSR count). The van der Waals surface area contributed by atoms with Crippen LogP contribution in [0, 0.1) is 10.1 Å². The highest BCUT2D eigenvalue weighted by Crippen LogP contribution is 2.28. The maximum atomic E-state index is 10.6. The van der Waals surface area contributed by atoms with E-state index >= 15 is 0 Å². The van der Waals surface area contributed by atoms with E-state index in [-0.39, 0.29) is 5.69 Å². The molecule has 0 unspecified atom stereocenters. The van der Waals surface area contributed by atoms with Gasteiger partial charge in [-0.25, -0.2) is 0 Å². The number of nitro groups is 1. The maximum Gasteiger partial charge on any atom is 0.283 e. The Morgan fingerprint density at radius 3 is 2.79 bits per heavy atom. The molecule has 4 nitrogen and oxygen atoms in total. The van der Waals surface area contributed by atoms with E-state index in [2.05, 4.69) is 15.9 Å². The van der Waals surface area contributed by atoms with Gasteiger partial charge in [-0.05, 0) is 34.8 Å². The molecular weight excluding hydrogens is 250 g/mol. The highest BCUT2D eigenvalue weighted by atomic mass is 79.9. The molecule has 1 aromatic rings. The molecule has 0 heterocycles. The van der Waals surface area contributed by atoms with Crippen molar-refractivity contribution in [2.45, 2.75) is 19.4 Å². The van der Waals surface area contributed by atoms with E-state index in [4.69, 9.17) is 5.11 Å². The second-order valence-electron chi connectivity index (χ2n) is 3.06. The van der Waals surface area contributed by atoms with Crippen molar-refractivity contribution in [2.75, 3.05) is 0 Å².